The first-order chi connectivity index (χ1) is 12.2. The van der Waals surface area contributed by atoms with Crippen LogP contribution in [0.1, 0.15) is 16.1 Å². The molecule has 1 aliphatic rings. The highest BCUT2D eigenvalue weighted by Gasteiger charge is 2.22. The van der Waals surface area contributed by atoms with Gasteiger partial charge in [0.1, 0.15) is 11.5 Å². The number of anilines is 3. The summed E-state index contributed by atoms with van der Waals surface area (Å²) in [5.74, 6) is -0.213. The van der Waals surface area contributed by atoms with E-state index in [1.165, 1.54) is 29.8 Å². The van der Waals surface area contributed by atoms with Gasteiger partial charge in [0.25, 0.3) is 5.91 Å². The van der Waals surface area contributed by atoms with E-state index < -0.39 is 0 Å². The number of amides is 1. The van der Waals surface area contributed by atoms with E-state index in [1.54, 1.807) is 12.3 Å². The van der Waals surface area contributed by atoms with E-state index in [-0.39, 0.29) is 17.4 Å². The first-order valence-corrected chi connectivity index (χ1v) is 7.96. The highest BCUT2D eigenvalue weighted by atomic mass is 19.1. The molecule has 2 heterocycles. The molecule has 0 spiro atoms. The number of benzene rings is 2. The maximum Gasteiger partial charge on any atom is 0.274 e. The van der Waals surface area contributed by atoms with Crippen LogP contribution < -0.4 is 10.2 Å². The van der Waals surface area contributed by atoms with Crippen molar-refractivity contribution < 1.29 is 9.18 Å². The molecule has 4 rings (SSSR count). The Balaban J connectivity index is 1.57. The second-order valence-corrected chi connectivity index (χ2v) is 5.73. The third kappa shape index (κ3) is 3.06. The number of carbonyl (C=O) groups is 1. The number of hydrogen-bond acceptors (Lipinski definition) is 4. The van der Waals surface area contributed by atoms with Crippen molar-refractivity contribution in [1.82, 2.24) is 9.97 Å². The number of nitrogens with zero attached hydrogens (tertiary/aromatic N) is 3. The summed E-state index contributed by atoms with van der Waals surface area (Å²) in [5.41, 5.74) is 3.09. The summed E-state index contributed by atoms with van der Waals surface area (Å²) in [6, 6.07) is 15.3. The van der Waals surface area contributed by atoms with Gasteiger partial charge in [-0.15, -0.1) is 0 Å². The second-order valence-electron chi connectivity index (χ2n) is 5.73. The molecule has 2 aromatic carbocycles. The maximum atomic E-state index is 13.0. The fraction of sp³-hybridized carbons (Fsp3) is 0.105. The van der Waals surface area contributed by atoms with Crippen LogP contribution in [-0.4, -0.2) is 22.4 Å². The first-order valence-electron chi connectivity index (χ1n) is 7.96. The highest BCUT2D eigenvalue weighted by Crippen LogP contribution is 2.32. The molecular weight excluding hydrogens is 319 g/mol. The quantitative estimate of drug-likeness (QED) is 0.796. The number of carbonyl (C=O) groups excluding carboxylic acids is 1. The monoisotopic (exact) mass is 334 g/mol. The smallest absolute Gasteiger partial charge is 0.274 e. The fourth-order valence-corrected chi connectivity index (χ4v) is 2.88. The van der Waals surface area contributed by atoms with E-state index in [1.807, 2.05) is 23.1 Å². The molecular formula is C19H15FN4O. The molecule has 0 saturated carbocycles. The van der Waals surface area contributed by atoms with Crippen molar-refractivity contribution in [3.05, 3.63) is 77.9 Å². The number of para-hydroxylation sites is 1. The van der Waals surface area contributed by atoms with Gasteiger partial charge >= 0.3 is 0 Å². The summed E-state index contributed by atoms with van der Waals surface area (Å²) in [7, 11) is 0. The molecule has 124 valence electrons. The Morgan fingerprint density at radius 1 is 1.08 bits per heavy atom. The molecule has 1 amide bonds. The van der Waals surface area contributed by atoms with Crippen molar-refractivity contribution in [3.8, 4) is 0 Å². The van der Waals surface area contributed by atoms with Crippen LogP contribution in [0.2, 0.25) is 0 Å². The minimum Gasteiger partial charge on any atom is -0.321 e. The fourth-order valence-electron chi connectivity index (χ4n) is 2.88. The lowest BCUT2D eigenvalue weighted by atomic mass is 10.2. The molecule has 1 aliphatic heterocycles. The molecule has 25 heavy (non-hydrogen) atoms. The summed E-state index contributed by atoms with van der Waals surface area (Å²) in [6.07, 6.45) is 2.49. The van der Waals surface area contributed by atoms with Crippen LogP contribution in [0.5, 0.6) is 0 Å². The van der Waals surface area contributed by atoms with Gasteiger partial charge in [-0.3, -0.25) is 4.79 Å². The van der Waals surface area contributed by atoms with Crippen molar-refractivity contribution in [2.24, 2.45) is 0 Å². The van der Waals surface area contributed by atoms with Gasteiger partial charge in [0, 0.05) is 24.1 Å². The van der Waals surface area contributed by atoms with Gasteiger partial charge in [-0.05, 0) is 48.4 Å². The van der Waals surface area contributed by atoms with E-state index in [0.29, 0.717) is 11.6 Å². The largest absolute Gasteiger partial charge is 0.321 e. The van der Waals surface area contributed by atoms with Gasteiger partial charge in [0.05, 0.1) is 0 Å². The average Bonchev–Trinajstić information content (AvgIpc) is 3.08. The van der Waals surface area contributed by atoms with E-state index >= 15 is 0 Å². The van der Waals surface area contributed by atoms with E-state index in [9.17, 15) is 9.18 Å². The zero-order valence-corrected chi connectivity index (χ0v) is 13.3. The molecule has 0 aliphatic carbocycles. The number of aromatic nitrogens is 2. The average molecular weight is 334 g/mol. The molecule has 0 unspecified atom stereocenters. The Morgan fingerprint density at radius 3 is 2.72 bits per heavy atom. The van der Waals surface area contributed by atoms with E-state index in [0.717, 1.165) is 18.7 Å². The molecule has 6 heteroatoms. The first kappa shape index (κ1) is 15.3. The minimum absolute atomic E-state index is 0.263. The Morgan fingerprint density at radius 2 is 1.88 bits per heavy atom. The SMILES string of the molecule is O=C(Nc1ccc(F)cc1)c1ccnc(N2CCc3ccccc32)n1. The summed E-state index contributed by atoms with van der Waals surface area (Å²) in [6.45, 7) is 0.780. The predicted octanol–water partition coefficient (Wildman–Crippen LogP) is 3.56. The number of nitrogens with one attached hydrogen (secondary N) is 1. The van der Waals surface area contributed by atoms with Gasteiger partial charge < -0.3 is 10.2 Å². The van der Waals surface area contributed by atoms with E-state index in [2.05, 4.69) is 21.4 Å². The molecule has 3 aromatic rings. The van der Waals surface area contributed by atoms with Crippen LogP contribution in [-0.2, 0) is 6.42 Å². The predicted molar refractivity (Wildman–Crippen MR) is 93.5 cm³/mol. The summed E-state index contributed by atoms with van der Waals surface area (Å²) < 4.78 is 13.0. The maximum absolute atomic E-state index is 13.0. The van der Waals surface area contributed by atoms with Crippen LogP contribution in [0, 0.1) is 5.82 Å². The highest BCUT2D eigenvalue weighted by molar-refractivity contribution is 6.03. The van der Waals surface area contributed by atoms with Crippen molar-refractivity contribution >= 4 is 23.2 Å². The summed E-state index contributed by atoms with van der Waals surface area (Å²) >= 11 is 0. The Bertz CT molecular complexity index is 927. The number of rotatable bonds is 3. The molecule has 0 saturated heterocycles. The Kier molecular flexibility index (Phi) is 3.85. The molecule has 0 fully saturated rings. The van der Waals surface area contributed by atoms with Gasteiger partial charge in [-0.2, -0.15) is 0 Å². The van der Waals surface area contributed by atoms with Crippen LogP contribution in [0.15, 0.2) is 60.8 Å². The number of fused-ring (bicyclic) bond motifs is 1. The van der Waals surface area contributed by atoms with Crippen LogP contribution >= 0.6 is 0 Å². The number of halogens is 1. The van der Waals surface area contributed by atoms with Crippen molar-refractivity contribution in [2.75, 3.05) is 16.8 Å². The molecule has 0 radical (unpaired) electrons. The van der Waals surface area contributed by atoms with Crippen molar-refractivity contribution in [2.45, 2.75) is 6.42 Å². The Labute approximate surface area is 144 Å². The third-order valence-electron chi connectivity index (χ3n) is 4.11. The lowest BCUT2D eigenvalue weighted by molar-refractivity contribution is 0.102. The van der Waals surface area contributed by atoms with Crippen LogP contribution in [0.4, 0.5) is 21.7 Å². The third-order valence-corrected chi connectivity index (χ3v) is 4.11. The topological polar surface area (TPSA) is 58.1 Å². The molecule has 1 N–H and O–H groups in total. The summed E-state index contributed by atoms with van der Waals surface area (Å²) in [4.78, 5) is 23.1. The zero-order valence-electron chi connectivity index (χ0n) is 13.3. The van der Waals surface area contributed by atoms with Crippen molar-refractivity contribution in [1.29, 1.82) is 0 Å². The standard InChI is InChI=1S/C19H15FN4O/c20-14-5-7-15(8-6-14)22-18(25)16-9-11-21-19(23-16)24-12-10-13-3-1-2-4-17(13)24/h1-9,11H,10,12H2,(H,22,25). The lowest BCUT2D eigenvalue weighted by Crippen LogP contribution is -2.20. The molecule has 0 bridgehead atoms. The van der Waals surface area contributed by atoms with Gasteiger partial charge in [0.15, 0.2) is 0 Å². The summed E-state index contributed by atoms with van der Waals surface area (Å²) in [5, 5.41) is 2.71. The van der Waals surface area contributed by atoms with Crippen molar-refractivity contribution in [3.63, 3.8) is 0 Å². The molecule has 1 aromatic heterocycles. The molecule has 5 nitrogen and oxygen atoms in total. The minimum atomic E-state index is -0.359. The van der Waals surface area contributed by atoms with Gasteiger partial charge in [0.2, 0.25) is 5.95 Å². The molecule has 0 atom stereocenters. The van der Waals surface area contributed by atoms with E-state index in [4.69, 9.17) is 0 Å². The van der Waals surface area contributed by atoms with Crippen LogP contribution in [0.25, 0.3) is 0 Å². The Hall–Kier alpha value is -3.28. The van der Waals surface area contributed by atoms with Crippen LogP contribution in [0.3, 0.4) is 0 Å². The lowest BCUT2D eigenvalue weighted by Gasteiger charge is -2.17. The number of hydrogen-bond donors (Lipinski definition) is 1. The second kappa shape index (κ2) is 6.32. The van der Waals surface area contributed by atoms with Gasteiger partial charge in [-0.25, -0.2) is 14.4 Å². The zero-order chi connectivity index (χ0) is 17.2. The normalized spacial score (nSPS) is 12.8. The van der Waals surface area contributed by atoms with Gasteiger partial charge in [-0.1, -0.05) is 18.2 Å².